The third-order valence-electron chi connectivity index (χ3n) is 4.97. The van der Waals surface area contributed by atoms with Crippen LogP contribution in [0.4, 0.5) is 13.6 Å². The van der Waals surface area contributed by atoms with Gasteiger partial charge in [0, 0.05) is 12.1 Å². The zero-order valence-corrected chi connectivity index (χ0v) is 14.7. The number of amides is 1. The van der Waals surface area contributed by atoms with E-state index in [9.17, 15) is 13.6 Å². The molecule has 4 nitrogen and oxygen atoms in total. The van der Waals surface area contributed by atoms with Crippen LogP contribution in [0.1, 0.15) is 23.6 Å². The Balaban J connectivity index is 1.64. The Morgan fingerprint density at radius 3 is 2.70 bits per heavy atom. The van der Waals surface area contributed by atoms with Gasteiger partial charge in [-0.15, -0.1) is 0 Å². The smallest absolute Gasteiger partial charge is 0.411 e. The highest BCUT2D eigenvalue weighted by Gasteiger charge is 2.34. The first-order valence-corrected chi connectivity index (χ1v) is 9.01. The predicted octanol–water partition coefficient (Wildman–Crippen LogP) is 3.90. The lowest BCUT2D eigenvalue weighted by atomic mass is 10.0. The lowest BCUT2D eigenvalue weighted by molar-refractivity contribution is 0.0694. The van der Waals surface area contributed by atoms with Crippen molar-refractivity contribution in [3.8, 4) is 0 Å². The van der Waals surface area contributed by atoms with Gasteiger partial charge in [0.2, 0.25) is 0 Å². The van der Waals surface area contributed by atoms with Crippen molar-refractivity contribution >= 4 is 11.7 Å². The number of hydrogen-bond acceptors (Lipinski definition) is 3. The molecule has 0 spiro atoms. The normalized spacial score (nSPS) is 22.0. The van der Waals surface area contributed by atoms with Gasteiger partial charge in [0.1, 0.15) is 17.7 Å². The molecule has 0 bridgehead atoms. The summed E-state index contributed by atoms with van der Waals surface area (Å²) in [5.74, 6) is -1.02. The van der Waals surface area contributed by atoms with Crippen molar-refractivity contribution in [2.75, 3.05) is 19.6 Å². The van der Waals surface area contributed by atoms with Gasteiger partial charge in [-0.25, -0.2) is 13.6 Å². The maximum Gasteiger partial charge on any atom is 0.411 e. The van der Waals surface area contributed by atoms with Gasteiger partial charge in [-0.3, -0.25) is 4.90 Å². The summed E-state index contributed by atoms with van der Waals surface area (Å²) >= 11 is 0. The molecule has 2 aliphatic rings. The Kier molecular flexibility index (Phi) is 4.90. The fourth-order valence-electron chi connectivity index (χ4n) is 3.58. The number of rotatable bonds is 3. The first-order chi connectivity index (χ1) is 13.1. The van der Waals surface area contributed by atoms with Crippen molar-refractivity contribution in [3.05, 3.63) is 77.4 Å². The van der Waals surface area contributed by atoms with E-state index in [2.05, 4.69) is 5.32 Å². The number of nitrogens with zero attached hydrogens (tertiary/aromatic N) is 1. The fourth-order valence-corrected chi connectivity index (χ4v) is 3.58. The zero-order valence-electron chi connectivity index (χ0n) is 14.7. The Morgan fingerprint density at radius 2 is 1.96 bits per heavy atom. The molecule has 1 saturated heterocycles. The molecule has 2 aromatic rings. The molecule has 27 heavy (non-hydrogen) atoms. The van der Waals surface area contributed by atoms with Crippen LogP contribution in [0.25, 0.3) is 5.57 Å². The number of benzene rings is 2. The average Bonchev–Trinajstić information content (AvgIpc) is 3.34. The van der Waals surface area contributed by atoms with E-state index in [0.29, 0.717) is 12.1 Å². The first kappa shape index (κ1) is 17.7. The van der Waals surface area contributed by atoms with Gasteiger partial charge in [-0.1, -0.05) is 36.4 Å². The third kappa shape index (κ3) is 3.71. The number of carbonyl (C=O) groups excluding carboxylic acids is 1. The van der Waals surface area contributed by atoms with E-state index in [1.54, 1.807) is 11.0 Å². The van der Waals surface area contributed by atoms with Crippen LogP contribution in [0.15, 0.2) is 54.6 Å². The minimum atomic E-state index is -0.512. The molecule has 0 radical (unpaired) electrons. The molecule has 0 saturated carbocycles. The molecule has 1 N–H and O–H groups in total. The van der Waals surface area contributed by atoms with Gasteiger partial charge < -0.3 is 10.1 Å². The third-order valence-corrected chi connectivity index (χ3v) is 4.97. The number of halogens is 2. The minimum Gasteiger partial charge on any atom is -0.445 e. The summed E-state index contributed by atoms with van der Waals surface area (Å²) in [6.45, 7) is 1.62. The van der Waals surface area contributed by atoms with Crippen LogP contribution in [0.2, 0.25) is 0 Å². The van der Waals surface area contributed by atoms with Gasteiger partial charge in [0.05, 0.1) is 12.6 Å². The lowest BCUT2D eigenvalue weighted by Gasteiger charge is -2.26. The van der Waals surface area contributed by atoms with E-state index in [1.807, 2.05) is 30.3 Å². The molecular weight excluding hydrogens is 350 g/mol. The average molecular weight is 370 g/mol. The molecule has 1 amide bonds. The monoisotopic (exact) mass is 370 g/mol. The van der Waals surface area contributed by atoms with Gasteiger partial charge in [-0.05, 0) is 42.3 Å². The summed E-state index contributed by atoms with van der Waals surface area (Å²) in [4.78, 5) is 14.4. The Bertz CT molecular complexity index is 864. The van der Waals surface area contributed by atoms with Crippen LogP contribution >= 0.6 is 0 Å². The van der Waals surface area contributed by atoms with Crippen molar-refractivity contribution in [2.45, 2.75) is 18.6 Å². The second-order valence-corrected chi connectivity index (χ2v) is 6.80. The second kappa shape index (κ2) is 7.48. The van der Waals surface area contributed by atoms with Crippen molar-refractivity contribution in [1.29, 1.82) is 0 Å². The molecular formula is C21H20F2N2O2. The maximum absolute atomic E-state index is 14.3. The van der Waals surface area contributed by atoms with Gasteiger partial charge >= 0.3 is 6.09 Å². The lowest BCUT2D eigenvalue weighted by Crippen LogP contribution is -2.35. The second-order valence-electron chi connectivity index (χ2n) is 6.80. The van der Waals surface area contributed by atoms with E-state index in [1.165, 1.54) is 6.07 Å². The Hall–Kier alpha value is -2.73. The van der Waals surface area contributed by atoms with Crippen LogP contribution in [0.5, 0.6) is 0 Å². The van der Waals surface area contributed by atoms with Crippen LogP contribution in [-0.2, 0) is 4.74 Å². The van der Waals surface area contributed by atoms with Crippen molar-refractivity contribution in [1.82, 2.24) is 10.2 Å². The van der Waals surface area contributed by atoms with Crippen LogP contribution < -0.4 is 5.32 Å². The molecule has 2 aliphatic heterocycles. The number of nitrogens with one attached hydrogen (secondary N) is 1. The molecule has 0 aliphatic carbocycles. The fraction of sp³-hybridized carbons (Fsp3) is 0.286. The van der Waals surface area contributed by atoms with Crippen molar-refractivity contribution in [2.24, 2.45) is 0 Å². The number of ether oxygens (including phenoxy) is 1. The van der Waals surface area contributed by atoms with Gasteiger partial charge in [-0.2, -0.15) is 0 Å². The highest BCUT2D eigenvalue weighted by molar-refractivity contribution is 5.79. The maximum atomic E-state index is 14.3. The summed E-state index contributed by atoms with van der Waals surface area (Å²) in [5.41, 5.74) is 1.64. The Labute approximate surface area is 156 Å². The van der Waals surface area contributed by atoms with Crippen LogP contribution in [0.3, 0.4) is 0 Å². The molecule has 2 atom stereocenters. The molecule has 1 fully saturated rings. The van der Waals surface area contributed by atoms with E-state index >= 15 is 0 Å². The molecule has 140 valence electrons. The molecule has 6 heteroatoms. The number of carbonyl (C=O) groups is 1. The summed E-state index contributed by atoms with van der Waals surface area (Å²) < 4.78 is 33.5. The minimum absolute atomic E-state index is 0.163. The Morgan fingerprint density at radius 1 is 1.15 bits per heavy atom. The van der Waals surface area contributed by atoms with Crippen LogP contribution in [0, 0.1) is 11.6 Å². The molecule has 1 unspecified atom stereocenters. The van der Waals surface area contributed by atoms with E-state index in [-0.39, 0.29) is 24.3 Å². The van der Waals surface area contributed by atoms with Gasteiger partial charge in [0.25, 0.3) is 0 Å². The highest BCUT2D eigenvalue weighted by Crippen LogP contribution is 2.36. The van der Waals surface area contributed by atoms with E-state index < -0.39 is 17.7 Å². The van der Waals surface area contributed by atoms with Crippen LogP contribution in [-0.4, -0.2) is 36.7 Å². The highest BCUT2D eigenvalue weighted by atomic mass is 19.1. The summed E-state index contributed by atoms with van der Waals surface area (Å²) in [7, 11) is 0. The first-order valence-electron chi connectivity index (χ1n) is 9.01. The summed E-state index contributed by atoms with van der Waals surface area (Å²) in [6, 6.07) is 12.4. The topological polar surface area (TPSA) is 41.6 Å². The largest absolute Gasteiger partial charge is 0.445 e. The zero-order chi connectivity index (χ0) is 18.8. The number of hydrogen-bond donors (Lipinski definition) is 1. The quantitative estimate of drug-likeness (QED) is 0.891. The molecule has 4 rings (SSSR count). The predicted molar refractivity (Wildman–Crippen MR) is 98.0 cm³/mol. The summed E-state index contributed by atoms with van der Waals surface area (Å²) in [6.07, 6.45) is 1.97. The van der Waals surface area contributed by atoms with E-state index in [4.69, 9.17) is 4.74 Å². The SMILES string of the molecule is O=C(OC1CCNC1)N1CC(c2cc(F)ccc2F)=C[C@H]1c1ccccc1. The van der Waals surface area contributed by atoms with Gasteiger partial charge in [0.15, 0.2) is 0 Å². The summed E-state index contributed by atoms with van der Waals surface area (Å²) in [5, 5.41) is 3.16. The van der Waals surface area contributed by atoms with Crippen molar-refractivity contribution in [3.63, 3.8) is 0 Å². The molecule has 0 aromatic heterocycles. The standard InChI is InChI=1S/C21H20F2N2O2/c22-16-6-7-19(23)18(11-16)15-10-20(14-4-2-1-3-5-14)25(13-15)21(26)27-17-8-9-24-12-17/h1-7,10-11,17,20,24H,8-9,12-13H2/t17?,20-/m0/s1. The van der Waals surface area contributed by atoms with Crippen molar-refractivity contribution < 1.29 is 18.3 Å². The van der Waals surface area contributed by atoms with E-state index in [0.717, 1.165) is 30.7 Å². The molecule has 2 aromatic carbocycles. The molecule has 2 heterocycles.